The summed E-state index contributed by atoms with van der Waals surface area (Å²) in [6.07, 6.45) is 2.14. The Morgan fingerprint density at radius 3 is 2.12 bits per heavy atom. The number of carbonyl (C=O) groups is 1. The van der Waals surface area contributed by atoms with E-state index in [9.17, 15) is 4.79 Å². The van der Waals surface area contributed by atoms with E-state index in [0.717, 1.165) is 30.4 Å². The molecule has 0 saturated heterocycles. The summed E-state index contributed by atoms with van der Waals surface area (Å²) in [4.78, 5) is 11.6. The number of benzene rings is 1. The molecule has 132 valence electrons. The lowest BCUT2D eigenvalue weighted by Crippen LogP contribution is -2.12. The topological polar surface area (TPSA) is 54.0 Å². The summed E-state index contributed by atoms with van der Waals surface area (Å²) in [5, 5.41) is 0. The van der Waals surface area contributed by atoms with Gasteiger partial charge in [0.05, 0.1) is 21.3 Å². The van der Waals surface area contributed by atoms with Gasteiger partial charge < -0.3 is 18.9 Å². The smallest absolute Gasteiger partial charge is 0.303 e. The van der Waals surface area contributed by atoms with Crippen LogP contribution in [-0.4, -0.2) is 27.3 Å². The van der Waals surface area contributed by atoms with Gasteiger partial charge in [-0.05, 0) is 25.0 Å². The first-order chi connectivity index (χ1) is 11.5. The number of rotatable bonds is 9. The van der Waals surface area contributed by atoms with Gasteiger partial charge in [-0.1, -0.05) is 19.9 Å². The summed E-state index contributed by atoms with van der Waals surface area (Å²) in [5.41, 5.74) is 4.47. The van der Waals surface area contributed by atoms with E-state index >= 15 is 0 Å². The van der Waals surface area contributed by atoms with Crippen molar-refractivity contribution >= 4 is 5.97 Å². The molecule has 0 aromatic heterocycles. The Morgan fingerprint density at radius 1 is 1.17 bits per heavy atom. The second-order valence-electron chi connectivity index (χ2n) is 5.25. The van der Waals surface area contributed by atoms with Crippen molar-refractivity contribution in [2.45, 2.75) is 39.2 Å². The standard InChI is InChI=1S/C19H26O5/c1-7-9-10-14(8-2)18(24-13(3)20)15-11-16(21-4)19(23-6)17(12-15)22-5/h11-12,18H,2,7,9-10H2,1,3-6H3. The Labute approximate surface area is 143 Å². The van der Waals surface area contributed by atoms with Gasteiger partial charge in [-0.2, -0.15) is 0 Å². The van der Waals surface area contributed by atoms with Crippen LogP contribution in [-0.2, 0) is 9.53 Å². The van der Waals surface area contributed by atoms with Gasteiger partial charge in [0, 0.05) is 18.1 Å². The maximum Gasteiger partial charge on any atom is 0.303 e. The third-order valence-corrected chi connectivity index (χ3v) is 3.62. The first kappa shape index (κ1) is 19.7. The Bertz CT molecular complexity index is 589. The summed E-state index contributed by atoms with van der Waals surface area (Å²) < 4.78 is 21.6. The van der Waals surface area contributed by atoms with Gasteiger partial charge in [-0.15, -0.1) is 5.73 Å². The Kier molecular flexibility index (Phi) is 7.93. The summed E-state index contributed by atoms with van der Waals surface area (Å²) >= 11 is 0. The van der Waals surface area contributed by atoms with E-state index < -0.39 is 6.10 Å². The third-order valence-electron chi connectivity index (χ3n) is 3.62. The van der Waals surface area contributed by atoms with E-state index in [4.69, 9.17) is 18.9 Å². The van der Waals surface area contributed by atoms with Crippen molar-refractivity contribution in [1.82, 2.24) is 0 Å². The number of carbonyl (C=O) groups excluding carboxylic acids is 1. The molecule has 0 aliphatic heterocycles. The van der Waals surface area contributed by atoms with Gasteiger partial charge >= 0.3 is 5.97 Å². The minimum absolute atomic E-state index is 0.377. The van der Waals surface area contributed by atoms with Crippen molar-refractivity contribution in [1.29, 1.82) is 0 Å². The van der Waals surface area contributed by atoms with Crippen LogP contribution in [0.3, 0.4) is 0 Å². The van der Waals surface area contributed by atoms with Crippen LogP contribution in [0, 0.1) is 0 Å². The predicted molar refractivity (Wildman–Crippen MR) is 92.8 cm³/mol. The number of esters is 1. The zero-order valence-electron chi connectivity index (χ0n) is 15.1. The normalized spacial score (nSPS) is 11.2. The van der Waals surface area contributed by atoms with Crippen LogP contribution >= 0.6 is 0 Å². The highest BCUT2D eigenvalue weighted by Crippen LogP contribution is 2.42. The molecular formula is C19H26O5. The summed E-state index contributed by atoms with van der Waals surface area (Å²) in [7, 11) is 4.63. The number of methoxy groups -OCH3 is 3. The monoisotopic (exact) mass is 334 g/mol. The van der Waals surface area contributed by atoms with E-state index in [1.165, 1.54) is 6.92 Å². The number of hydrogen-bond donors (Lipinski definition) is 0. The molecular weight excluding hydrogens is 308 g/mol. The molecule has 0 radical (unpaired) electrons. The van der Waals surface area contributed by atoms with Crippen LogP contribution in [0.15, 0.2) is 30.0 Å². The van der Waals surface area contributed by atoms with Crippen LogP contribution in [0.5, 0.6) is 17.2 Å². The highest BCUT2D eigenvalue weighted by Gasteiger charge is 2.24. The molecule has 1 aromatic rings. The van der Waals surface area contributed by atoms with Crippen molar-refractivity contribution in [3.63, 3.8) is 0 Å². The van der Waals surface area contributed by atoms with E-state index in [1.807, 2.05) is 0 Å². The fourth-order valence-electron chi connectivity index (χ4n) is 2.44. The van der Waals surface area contributed by atoms with Crippen LogP contribution < -0.4 is 14.2 Å². The third kappa shape index (κ3) is 4.80. The molecule has 0 aliphatic rings. The van der Waals surface area contributed by atoms with Gasteiger partial charge in [-0.3, -0.25) is 4.79 Å². The largest absolute Gasteiger partial charge is 0.493 e. The van der Waals surface area contributed by atoms with Gasteiger partial charge in [0.15, 0.2) is 17.6 Å². The number of ether oxygens (including phenoxy) is 4. The van der Waals surface area contributed by atoms with Crippen molar-refractivity contribution in [3.8, 4) is 17.2 Å². The van der Waals surface area contributed by atoms with Crippen LogP contribution in [0.2, 0.25) is 0 Å². The number of hydrogen-bond acceptors (Lipinski definition) is 5. The van der Waals surface area contributed by atoms with Gasteiger partial charge in [0.25, 0.3) is 0 Å². The van der Waals surface area contributed by atoms with E-state index in [1.54, 1.807) is 33.5 Å². The molecule has 0 spiro atoms. The lowest BCUT2D eigenvalue weighted by atomic mass is 9.97. The SMILES string of the molecule is C=C=C(CCCC)C(OC(C)=O)c1cc(OC)c(OC)c(OC)c1. The van der Waals surface area contributed by atoms with Crippen molar-refractivity contribution in [2.24, 2.45) is 0 Å². The molecule has 0 aliphatic carbocycles. The average Bonchev–Trinajstić information content (AvgIpc) is 2.59. The zero-order valence-corrected chi connectivity index (χ0v) is 15.1. The molecule has 24 heavy (non-hydrogen) atoms. The first-order valence-corrected chi connectivity index (χ1v) is 7.88. The summed E-state index contributed by atoms with van der Waals surface area (Å²) in [5.74, 6) is 1.12. The fourth-order valence-corrected chi connectivity index (χ4v) is 2.44. The molecule has 0 fully saturated rings. The van der Waals surface area contributed by atoms with Crippen LogP contribution in [0.25, 0.3) is 0 Å². The lowest BCUT2D eigenvalue weighted by Gasteiger charge is -2.22. The highest BCUT2D eigenvalue weighted by molar-refractivity contribution is 5.67. The molecule has 1 rings (SSSR count). The lowest BCUT2D eigenvalue weighted by molar-refractivity contribution is -0.145. The summed E-state index contributed by atoms with van der Waals surface area (Å²) in [6.45, 7) is 7.22. The van der Waals surface area contributed by atoms with E-state index in [0.29, 0.717) is 17.2 Å². The summed E-state index contributed by atoms with van der Waals surface area (Å²) in [6, 6.07) is 3.55. The molecule has 5 nitrogen and oxygen atoms in total. The highest BCUT2D eigenvalue weighted by atomic mass is 16.5. The number of unbranched alkanes of at least 4 members (excludes halogenated alkanes) is 1. The quantitative estimate of drug-likeness (QED) is 0.500. The molecule has 0 bridgehead atoms. The molecule has 1 aromatic carbocycles. The molecule has 0 saturated carbocycles. The Balaban J connectivity index is 3.41. The van der Waals surface area contributed by atoms with E-state index in [-0.39, 0.29) is 5.97 Å². The van der Waals surface area contributed by atoms with Crippen molar-refractivity contribution in [3.05, 3.63) is 35.6 Å². The van der Waals surface area contributed by atoms with Crippen molar-refractivity contribution < 1.29 is 23.7 Å². The molecule has 0 heterocycles. The molecule has 1 atom stereocenters. The van der Waals surface area contributed by atoms with Crippen LogP contribution in [0.1, 0.15) is 44.8 Å². The molecule has 1 unspecified atom stereocenters. The minimum atomic E-state index is -0.583. The first-order valence-electron chi connectivity index (χ1n) is 7.88. The van der Waals surface area contributed by atoms with E-state index in [2.05, 4.69) is 19.2 Å². The maximum absolute atomic E-state index is 11.6. The van der Waals surface area contributed by atoms with Gasteiger partial charge in [-0.25, -0.2) is 0 Å². The molecule has 0 amide bonds. The average molecular weight is 334 g/mol. The maximum atomic E-state index is 11.6. The van der Waals surface area contributed by atoms with Gasteiger partial charge in [0.1, 0.15) is 0 Å². The zero-order chi connectivity index (χ0) is 18.1. The Morgan fingerprint density at radius 2 is 1.75 bits per heavy atom. The minimum Gasteiger partial charge on any atom is -0.493 e. The Hall–Kier alpha value is -2.39. The fraction of sp³-hybridized carbons (Fsp3) is 0.474. The van der Waals surface area contributed by atoms with Crippen LogP contribution in [0.4, 0.5) is 0 Å². The second kappa shape index (κ2) is 9.68. The van der Waals surface area contributed by atoms with Gasteiger partial charge in [0.2, 0.25) is 5.75 Å². The second-order valence-corrected chi connectivity index (χ2v) is 5.25. The molecule has 0 N–H and O–H groups in total. The van der Waals surface area contributed by atoms with Crippen molar-refractivity contribution in [2.75, 3.05) is 21.3 Å². The predicted octanol–water partition coefficient (Wildman–Crippen LogP) is 4.22. The molecule has 5 heteroatoms.